The van der Waals surface area contributed by atoms with Crippen LogP contribution >= 0.6 is 0 Å². The lowest BCUT2D eigenvalue weighted by molar-refractivity contribution is 0.562. The predicted octanol–water partition coefficient (Wildman–Crippen LogP) is 2.35. The zero-order valence-corrected chi connectivity index (χ0v) is 8.13. The number of nitrogens with one attached hydrogen (secondary N) is 2. The Morgan fingerprint density at radius 3 is 1.36 bits per heavy atom. The molecule has 0 aromatic heterocycles. The smallest absolute Gasteiger partial charge is 0.222 e. The first-order valence-corrected chi connectivity index (χ1v) is 3.74. The molecule has 0 unspecified atom stereocenters. The fourth-order valence-corrected chi connectivity index (χ4v) is 0.663. The first-order valence-electron chi connectivity index (χ1n) is 3.74. The molecular weight excluding hydrogens is 180 g/mol. The van der Waals surface area contributed by atoms with Gasteiger partial charge in [-0.3, -0.25) is 0 Å². The molecule has 76 valence electrons. The van der Waals surface area contributed by atoms with Crippen LogP contribution in [-0.4, -0.2) is 12.2 Å². The minimum Gasteiger partial charge on any atom is -0.222 e. The SMILES string of the molecule is Cc1ccccc1C.N=C=O.N=C=O.[HH]. The summed E-state index contributed by atoms with van der Waals surface area (Å²) in [5, 5.41) is 10.8. The van der Waals surface area contributed by atoms with Gasteiger partial charge in [-0.25, -0.2) is 20.4 Å². The van der Waals surface area contributed by atoms with Crippen LogP contribution in [-0.2, 0) is 9.59 Å². The maximum absolute atomic E-state index is 8.35. The second-order valence-corrected chi connectivity index (χ2v) is 2.29. The maximum atomic E-state index is 8.35. The Balaban J connectivity index is -0.000000177. The molecule has 1 rings (SSSR count). The predicted molar refractivity (Wildman–Crippen MR) is 54.9 cm³/mol. The highest BCUT2D eigenvalue weighted by Crippen LogP contribution is 2.02. The van der Waals surface area contributed by atoms with Crippen molar-refractivity contribution in [3.63, 3.8) is 0 Å². The van der Waals surface area contributed by atoms with E-state index in [9.17, 15) is 0 Å². The molecule has 0 fully saturated rings. The van der Waals surface area contributed by atoms with Crippen molar-refractivity contribution >= 4 is 12.2 Å². The zero-order chi connectivity index (χ0) is 11.4. The molecule has 14 heavy (non-hydrogen) atoms. The topological polar surface area (TPSA) is 81.8 Å². The van der Waals surface area contributed by atoms with E-state index in [0.717, 1.165) is 12.2 Å². The van der Waals surface area contributed by atoms with Crippen molar-refractivity contribution in [3.8, 4) is 0 Å². The van der Waals surface area contributed by atoms with Gasteiger partial charge in [-0.1, -0.05) is 24.3 Å². The van der Waals surface area contributed by atoms with Crippen molar-refractivity contribution in [1.29, 1.82) is 10.8 Å². The molecule has 0 aliphatic rings. The molecule has 4 heteroatoms. The van der Waals surface area contributed by atoms with E-state index in [0.29, 0.717) is 0 Å². The molecule has 1 aromatic carbocycles. The normalized spacial score (nSPS) is 6.43. The van der Waals surface area contributed by atoms with Gasteiger partial charge in [0.1, 0.15) is 0 Å². The van der Waals surface area contributed by atoms with E-state index in [1.54, 1.807) is 0 Å². The molecule has 0 amide bonds. The highest BCUT2D eigenvalue weighted by Gasteiger charge is 1.83. The van der Waals surface area contributed by atoms with Gasteiger partial charge in [0.25, 0.3) is 0 Å². The Kier molecular flexibility index (Phi) is 11.4. The summed E-state index contributed by atoms with van der Waals surface area (Å²) in [6.07, 6.45) is 1.50. The Labute approximate surface area is 84.1 Å². The fourth-order valence-electron chi connectivity index (χ4n) is 0.663. The molecule has 0 bridgehead atoms. The first kappa shape index (κ1) is 14.5. The van der Waals surface area contributed by atoms with Crippen LogP contribution in [0.25, 0.3) is 0 Å². The lowest BCUT2D eigenvalue weighted by atomic mass is 10.1. The van der Waals surface area contributed by atoms with Crippen LogP contribution in [0.3, 0.4) is 0 Å². The van der Waals surface area contributed by atoms with E-state index in [1.165, 1.54) is 11.1 Å². The Hall–Kier alpha value is -2.02. The van der Waals surface area contributed by atoms with E-state index in [-0.39, 0.29) is 1.43 Å². The van der Waals surface area contributed by atoms with Crippen LogP contribution in [0.5, 0.6) is 0 Å². The van der Waals surface area contributed by atoms with Crippen molar-refractivity contribution in [2.24, 2.45) is 0 Å². The highest BCUT2D eigenvalue weighted by atomic mass is 16.1. The molecule has 0 aliphatic carbocycles. The molecular formula is C10H14N2O2. The average Bonchev–Trinajstić information content (AvgIpc) is 2.13. The van der Waals surface area contributed by atoms with E-state index in [2.05, 4.69) is 38.1 Å². The minimum atomic E-state index is 0. The monoisotopic (exact) mass is 194 g/mol. The Morgan fingerprint density at radius 2 is 1.21 bits per heavy atom. The second kappa shape index (κ2) is 11.0. The van der Waals surface area contributed by atoms with Crippen LogP contribution < -0.4 is 0 Å². The number of hydrogen-bond donors (Lipinski definition) is 2. The van der Waals surface area contributed by atoms with Crippen molar-refractivity contribution in [1.82, 2.24) is 0 Å². The van der Waals surface area contributed by atoms with Crippen molar-refractivity contribution in [2.75, 3.05) is 0 Å². The lowest BCUT2D eigenvalue weighted by Gasteiger charge is -1.93. The zero-order valence-electron chi connectivity index (χ0n) is 8.13. The van der Waals surface area contributed by atoms with Crippen LogP contribution in [0.2, 0.25) is 0 Å². The second-order valence-electron chi connectivity index (χ2n) is 2.29. The summed E-state index contributed by atoms with van der Waals surface area (Å²) in [4.78, 5) is 16.7. The molecule has 0 atom stereocenters. The molecule has 0 saturated carbocycles. The number of rotatable bonds is 0. The summed E-state index contributed by atoms with van der Waals surface area (Å²) in [7, 11) is 0. The standard InChI is InChI=1S/C8H10.2CHNO.H2/c1-7-5-3-4-6-8(7)2;2*2-1-3;/h3-6H,1-2H3;2*2H;1H. The number of aryl methyl sites for hydroxylation is 2. The van der Waals surface area contributed by atoms with Gasteiger partial charge in [-0.15, -0.1) is 0 Å². The third-order valence-corrected chi connectivity index (χ3v) is 1.43. The average molecular weight is 194 g/mol. The Morgan fingerprint density at radius 1 is 1.00 bits per heavy atom. The molecule has 2 N–H and O–H groups in total. The van der Waals surface area contributed by atoms with Gasteiger partial charge in [0, 0.05) is 1.43 Å². The highest BCUT2D eigenvalue weighted by molar-refractivity contribution is 5.26. The van der Waals surface area contributed by atoms with E-state index >= 15 is 0 Å². The first-order chi connectivity index (χ1) is 6.63. The van der Waals surface area contributed by atoms with Gasteiger partial charge in [0.05, 0.1) is 0 Å². The summed E-state index contributed by atoms with van der Waals surface area (Å²) in [6.45, 7) is 4.24. The van der Waals surface area contributed by atoms with Gasteiger partial charge in [-0.05, 0) is 25.0 Å². The van der Waals surface area contributed by atoms with E-state index in [4.69, 9.17) is 20.4 Å². The van der Waals surface area contributed by atoms with E-state index in [1.807, 2.05) is 0 Å². The van der Waals surface area contributed by atoms with Gasteiger partial charge >= 0.3 is 0 Å². The summed E-state index contributed by atoms with van der Waals surface area (Å²) < 4.78 is 0. The fraction of sp³-hybridized carbons (Fsp3) is 0.200. The molecule has 4 nitrogen and oxygen atoms in total. The summed E-state index contributed by atoms with van der Waals surface area (Å²) in [5.74, 6) is 0. The summed E-state index contributed by atoms with van der Waals surface area (Å²) >= 11 is 0. The molecule has 1 aromatic rings. The number of benzene rings is 1. The van der Waals surface area contributed by atoms with Gasteiger partial charge in [-0.2, -0.15) is 0 Å². The number of hydrogen-bond acceptors (Lipinski definition) is 4. The molecule has 0 spiro atoms. The largest absolute Gasteiger partial charge is 0.231 e. The quantitative estimate of drug-likeness (QED) is 0.491. The Bertz CT molecular complexity index is 295. The van der Waals surface area contributed by atoms with Gasteiger partial charge in [0.2, 0.25) is 12.2 Å². The summed E-state index contributed by atoms with van der Waals surface area (Å²) in [5.41, 5.74) is 2.74. The van der Waals surface area contributed by atoms with Gasteiger partial charge < -0.3 is 0 Å². The minimum absolute atomic E-state index is 0. The summed E-state index contributed by atoms with van der Waals surface area (Å²) in [6, 6.07) is 8.36. The third-order valence-electron chi connectivity index (χ3n) is 1.43. The maximum Gasteiger partial charge on any atom is 0.231 e. The van der Waals surface area contributed by atoms with Crippen LogP contribution in [0, 0.1) is 24.7 Å². The molecule has 0 radical (unpaired) electrons. The molecule has 0 heterocycles. The van der Waals surface area contributed by atoms with Crippen LogP contribution in [0.4, 0.5) is 0 Å². The van der Waals surface area contributed by atoms with Gasteiger partial charge in [0.15, 0.2) is 0 Å². The van der Waals surface area contributed by atoms with Crippen LogP contribution in [0.15, 0.2) is 24.3 Å². The van der Waals surface area contributed by atoms with Crippen molar-refractivity contribution in [3.05, 3.63) is 35.4 Å². The molecule has 0 aliphatic heterocycles. The van der Waals surface area contributed by atoms with E-state index < -0.39 is 0 Å². The van der Waals surface area contributed by atoms with Crippen molar-refractivity contribution < 1.29 is 11.0 Å². The number of carbonyl (C=O) groups excluding carboxylic acids is 2. The lowest BCUT2D eigenvalue weighted by Crippen LogP contribution is -1.74. The van der Waals surface area contributed by atoms with Crippen LogP contribution in [0.1, 0.15) is 12.6 Å². The molecule has 0 saturated heterocycles. The number of isocyanates is 2. The third kappa shape index (κ3) is 9.98. The van der Waals surface area contributed by atoms with Crippen molar-refractivity contribution in [2.45, 2.75) is 13.8 Å².